The molecular formula is C13H20N2O2. The summed E-state index contributed by atoms with van der Waals surface area (Å²) >= 11 is 0. The average Bonchev–Trinajstić information content (AvgIpc) is 2.41. The largest absolute Gasteiger partial charge is 0.496 e. The van der Waals surface area contributed by atoms with Gasteiger partial charge in [0.05, 0.1) is 19.8 Å². The van der Waals surface area contributed by atoms with Crippen molar-refractivity contribution in [3.05, 3.63) is 29.8 Å². The fourth-order valence-corrected chi connectivity index (χ4v) is 2.43. The normalized spacial score (nSPS) is 22.1. The first-order valence-corrected chi connectivity index (χ1v) is 6.03. The molecule has 1 saturated heterocycles. The number of hydrazine groups is 1. The number of benzene rings is 1. The molecule has 0 saturated carbocycles. The van der Waals surface area contributed by atoms with Gasteiger partial charge in [0.2, 0.25) is 0 Å². The van der Waals surface area contributed by atoms with E-state index in [4.69, 9.17) is 15.3 Å². The highest BCUT2D eigenvalue weighted by Crippen LogP contribution is 2.33. The van der Waals surface area contributed by atoms with E-state index in [0.29, 0.717) is 5.92 Å². The Morgan fingerprint density at radius 2 is 2.29 bits per heavy atom. The highest BCUT2D eigenvalue weighted by atomic mass is 16.5. The number of hydrogen-bond donors (Lipinski definition) is 2. The summed E-state index contributed by atoms with van der Waals surface area (Å²) in [5, 5.41) is 0. The molecule has 94 valence electrons. The monoisotopic (exact) mass is 236 g/mol. The summed E-state index contributed by atoms with van der Waals surface area (Å²) < 4.78 is 10.9. The maximum absolute atomic E-state index is 5.70. The van der Waals surface area contributed by atoms with Gasteiger partial charge in [0.1, 0.15) is 5.75 Å². The molecule has 2 rings (SSSR count). The molecule has 0 aliphatic carbocycles. The van der Waals surface area contributed by atoms with Gasteiger partial charge in [-0.2, -0.15) is 0 Å². The van der Waals surface area contributed by atoms with Crippen LogP contribution in [0.1, 0.15) is 24.4 Å². The van der Waals surface area contributed by atoms with E-state index in [1.165, 1.54) is 0 Å². The molecule has 0 amide bonds. The molecule has 1 aromatic rings. The first-order valence-electron chi connectivity index (χ1n) is 6.03. The van der Waals surface area contributed by atoms with Crippen molar-refractivity contribution in [2.45, 2.75) is 18.9 Å². The zero-order chi connectivity index (χ0) is 12.1. The molecular weight excluding hydrogens is 216 g/mol. The Hall–Kier alpha value is -1.10. The molecule has 0 radical (unpaired) electrons. The van der Waals surface area contributed by atoms with Crippen molar-refractivity contribution in [3.8, 4) is 5.75 Å². The van der Waals surface area contributed by atoms with Crippen LogP contribution in [0.15, 0.2) is 24.3 Å². The SMILES string of the molecule is COc1ccccc1C(NN)C1CCCOC1. The Kier molecular flexibility index (Phi) is 4.36. The second kappa shape index (κ2) is 6.00. The molecule has 2 atom stereocenters. The van der Waals surface area contributed by atoms with Crippen LogP contribution < -0.4 is 16.0 Å². The number of nitrogens with two attached hydrogens (primary N) is 1. The highest BCUT2D eigenvalue weighted by molar-refractivity contribution is 5.36. The predicted octanol–water partition coefficient (Wildman–Crippen LogP) is 1.63. The van der Waals surface area contributed by atoms with Gasteiger partial charge in [-0.1, -0.05) is 18.2 Å². The molecule has 1 fully saturated rings. The van der Waals surface area contributed by atoms with E-state index in [1.807, 2.05) is 18.2 Å². The van der Waals surface area contributed by atoms with Gasteiger partial charge in [-0.15, -0.1) is 0 Å². The fourth-order valence-electron chi connectivity index (χ4n) is 2.43. The molecule has 1 aliphatic rings. The zero-order valence-corrected chi connectivity index (χ0v) is 10.2. The summed E-state index contributed by atoms with van der Waals surface area (Å²) in [4.78, 5) is 0. The lowest BCUT2D eigenvalue weighted by Crippen LogP contribution is -2.37. The molecule has 1 heterocycles. The Morgan fingerprint density at radius 3 is 2.94 bits per heavy atom. The third-order valence-electron chi connectivity index (χ3n) is 3.32. The van der Waals surface area contributed by atoms with Crippen molar-refractivity contribution < 1.29 is 9.47 Å². The molecule has 2 unspecified atom stereocenters. The number of para-hydroxylation sites is 1. The minimum Gasteiger partial charge on any atom is -0.496 e. The van der Waals surface area contributed by atoms with E-state index in [9.17, 15) is 0 Å². The van der Waals surface area contributed by atoms with E-state index < -0.39 is 0 Å². The van der Waals surface area contributed by atoms with Gasteiger partial charge in [-0.3, -0.25) is 11.3 Å². The number of ether oxygens (including phenoxy) is 2. The Morgan fingerprint density at radius 1 is 1.47 bits per heavy atom. The van der Waals surface area contributed by atoms with E-state index in [-0.39, 0.29) is 6.04 Å². The van der Waals surface area contributed by atoms with E-state index in [0.717, 1.165) is 37.4 Å². The third-order valence-corrected chi connectivity index (χ3v) is 3.32. The van der Waals surface area contributed by atoms with Gasteiger partial charge in [0, 0.05) is 18.1 Å². The van der Waals surface area contributed by atoms with Crippen LogP contribution in [0.3, 0.4) is 0 Å². The molecule has 0 bridgehead atoms. The van der Waals surface area contributed by atoms with Crippen molar-refractivity contribution in [1.29, 1.82) is 0 Å². The first kappa shape index (κ1) is 12.4. The van der Waals surface area contributed by atoms with Crippen LogP contribution in [0.2, 0.25) is 0 Å². The standard InChI is InChI=1S/C13H20N2O2/c1-16-12-7-3-2-6-11(12)13(15-14)10-5-4-8-17-9-10/h2-3,6-7,10,13,15H,4-5,8-9,14H2,1H3. The second-order valence-corrected chi connectivity index (χ2v) is 4.36. The zero-order valence-electron chi connectivity index (χ0n) is 10.2. The lowest BCUT2D eigenvalue weighted by atomic mass is 9.89. The molecule has 3 N–H and O–H groups in total. The number of hydrogen-bond acceptors (Lipinski definition) is 4. The van der Waals surface area contributed by atoms with Gasteiger partial charge in [-0.25, -0.2) is 0 Å². The van der Waals surface area contributed by atoms with Crippen LogP contribution in [0, 0.1) is 5.92 Å². The highest BCUT2D eigenvalue weighted by Gasteiger charge is 2.26. The molecule has 17 heavy (non-hydrogen) atoms. The summed E-state index contributed by atoms with van der Waals surface area (Å²) in [5.74, 6) is 6.98. The maximum Gasteiger partial charge on any atom is 0.123 e. The van der Waals surface area contributed by atoms with Crippen LogP contribution in [0.4, 0.5) is 0 Å². The number of nitrogens with one attached hydrogen (secondary N) is 1. The van der Waals surface area contributed by atoms with Crippen molar-refractivity contribution in [2.24, 2.45) is 11.8 Å². The van der Waals surface area contributed by atoms with Crippen molar-refractivity contribution >= 4 is 0 Å². The van der Waals surface area contributed by atoms with Gasteiger partial charge in [0.25, 0.3) is 0 Å². The van der Waals surface area contributed by atoms with Crippen molar-refractivity contribution in [1.82, 2.24) is 5.43 Å². The fraction of sp³-hybridized carbons (Fsp3) is 0.538. The smallest absolute Gasteiger partial charge is 0.123 e. The maximum atomic E-state index is 5.70. The molecule has 1 aromatic carbocycles. The minimum atomic E-state index is 0.0893. The molecule has 4 heteroatoms. The summed E-state index contributed by atoms with van der Waals surface area (Å²) in [6.07, 6.45) is 2.23. The summed E-state index contributed by atoms with van der Waals surface area (Å²) in [6, 6.07) is 8.08. The molecule has 1 aliphatic heterocycles. The topological polar surface area (TPSA) is 56.5 Å². The van der Waals surface area contributed by atoms with Crippen LogP contribution in [0.25, 0.3) is 0 Å². The van der Waals surface area contributed by atoms with Gasteiger partial charge in [-0.05, 0) is 18.9 Å². The van der Waals surface area contributed by atoms with Gasteiger partial charge < -0.3 is 9.47 Å². The van der Waals surface area contributed by atoms with Crippen molar-refractivity contribution in [3.63, 3.8) is 0 Å². The van der Waals surface area contributed by atoms with E-state index in [2.05, 4.69) is 11.5 Å². The minimum absolute atomic E-state index is 0.0893. The lowest BCUT2D eigenvalue weighted by Gasteiger charge is -2.30. The van der Waals surface area contributed by atoms with E-state index in [1.54, 1.807) is 7.11 Å². The summed E-state index contributed by atoms with van der Waals surface area (Å²) in [5.41, 5.74) is 4.01. The van der Waals surface area contributed by atoms with Crippen LogP contribution in [-0.2, 0) is 4.74 Å². The van der Waals surface area contributed by atoms with Gasteiger partial charge >= 0.3 is 0 Å². The van der Waals surface area contributed by atoms with E-state index >= 15 is 0 Å². The third kappa shape index (κ3) is 2.77. The second-order valence-electron chi connectivity index (χ2n) is 4.36. The van der Waals surface area contributed by atoms with Gasteiger partial charge in [0.15, 0.2) is 0 Å². The Labute approximate surface area is 102 Å². The molecule has 0 aromatic heterocycles. The molecule has 4 nitrogen and oxygen atoms in total. The first-order chi connectivity index (χ1) is 8.36. The number of methoxy groups -OCH3 is 1. The van der Waals surface area contributed by atoms with Crippen LogP contribution in [0.5, 0.6) is 5.75 Å². The van der Waals surface area contributed by atoms with Crippen LogP contribution in [-0.4, -0.2) is 20.3 Å². The summed E-state index contributed by atoms with van der Waals surface area (Å²) in [6.45, 7) is 1.62. The molecule has 0 spiro atoms. The lowest BCUT2D eigenvalue weighted by molar-refractivity contribution is 0.0386. The van der Waals surface area contributed by atoms with Crippen LogP contribution >= 0.6 is 0 Å². The predicted molar refractivity (Wildman–Crippen MR) is 66.6 cm³/mol. The van der Waals surface area contributed by atoms with Crippen molar-refractivity contribution in [2.75, 3.05) is 20.3 Å². The Bertz CT molecular complexity index is 351. The number of rotatable bonds is 4. The quantitative estimate of drug-likeness (QED) is 0.616. The Balaban J connectivity index is 2.21. The summed E-state index contributed by atoms with van der Waals surface area (Å²) in [7, 11) is 1.68. The average molecular weight is 236 g/mol.